The van der Waals surface area contributed by atoms with Crippen molar-refractivity contribution < 1.29 is 9.53 Å². The highest BCUT2D eigenvalue weighted by Gasteiger charge is 2.12. The van der Waals surface area contributed by atoms with E-state index in [0.717, 1.165) is 5.69 Å². The third-order valence-corrected chi connectivity index (χ3v) is 4.17. The maximum Gasteiger partial charge on any atom is 0.339 e. The van der Waals surface area contributed by atoms with Crippen LogP contribution in [0.25, 0.3) is 0 Å². The van der Waals surface area contributed by atoms with E-state index in [1.807, 2.05) is 6.07 Å². The van der Waals surface area contributed by atoms with Crippen molar-refractivity contribution >= 4 is 45.8 Å². The van der Waals surface area contributed by atoms with Gasteiger partial charge in [0, 0.05) is 15.3 Å². The Hall–Kier alpha value is -1.27. The van der Waals surface area contributed by atoms with Crippen LogP contribution in [0.5, 0.6) is 0 Å². The topological polar surface area (TPSA) is 38.3 Å². The van der Waals surface area contributed by atoms with Gasteiger partial charge in [-0.2, -0.15) is 0 Å². The second-order valence-electron chi connectivity index (χ2n) is 4.60. The molecule has 0 amide bonds. The van der Waals surface area contributed by atoms with E-state index < -0.39 is 5.97 Å². The number of nitrogens with one attached hydrogen (secondary N) is 1. The zero-order chi connectivity index (χ0) is 15.4. The first-order valence-corrected chi connectivity index (χ1v) is 7.87. The Kier molecular flexibility index (Phi) is 5.47. The lowest BCUT2D eigenvalue weighted by molar-refractivity contribution is 0.0601. The number of rotatable bonds is 4. The van der Waals surface area contributed by atoms with Crippen molar-refractivity contribution in [3.63, 3.8) is 0 Å². The Morgan fingerprint density at radius 1 is 1.24 bits per heavy atom. The van der Waals surface area contributed by atoms with Crippen molar-refractivity contribution in [2.45, 2.75) is 13.0 Å². The van der Waals surface area contributed by atoms with Gasteiger partial charge in [0.2, 0.25) is 0 Å². The molecule has 1 N–H and O–H groups in total. The fourth-order valence-corrected chi connectivity index (χ4v) is 2.52. The molecule has 0 bridgehead atoms. The van der Waals surface area contributed by atoms with E-state index >= 15 is 0 Å². The normalized spacial score (nSPS) is 11.8. The number of carbonyl (C=O) groups excluding carboxylic acids is 1. The second-order valence-corrected chi connectivity index (χ2v) is 6.26. The molecule has 0 aliphatic rings. The molecular formula is C16H15ClINO2. The van der Waals surface area contributed by atoms with E-state index in [1.54, 1.807) is 12.1 Å². The number of halogens is 2. The quantitative estimate of drug-likeness (QED) is 0.570. The molecule has 0 radical (unpaired) electrons. The first-order chi connectivity index (χ1) is 10.0. The molecule has 5 heteroatoms. The second kappa shape index (κ2) is 7.13. The van der Waals surface area contributed by atoms with Gasteiger partial charge in [0.15, 0.2) is 0 Å². The average Bonchev–Trinajstić information content (AvgIpc) is 2.49. The van der Waals surface area contributed by atoms with Gasteiger partial charge in [-0.1, -0.05) is 23.7 Å². The Balaban J connectivity index is 2.19. The molecule has 0 spiro atoms. The van der Waals surface area contributed by atoms with Crippen LogP contribution in [-0.4, -0.2) is 13.1 Å². The van der Waals surface area contributed by atoms with Gasteiger partial charge in [0.05, 0.1) is 17.7 Å². The van der Waals surface area contributed by atoms with Crippen molar-refractivity contribution in [1.82, 2.24) is 0 Å². The minimum Gasteiger partial charge on any atom is -0.465 e. The van der Waals surface area contributed by atoms with Crippen LogP contribution in [0.3, 0.4) is 0 Å². The molecule has 3 nitrogen and oxygen atoms in total. The number of esters is 1. The van der Waals surface area contributed by atoms with Gasteiger partial charge in [0.1, 0.15) is 0 Å². The van der Waals surface area contributed by atoms with Gasteiger partial charge in [-0.3, -0.25) is 0 Å². The summed E-state index contributed by atoms with van der Waals surface area (Å²) in [5, 5.41) is 3.74. The van der Waals surface area contributed by atoms with Crippen LogP contribution >= 0.6 is 34.2 Å². The maximum atomic E-state index is 11.6. The number of methoxy groups -OCH3 is 1. The zero-order valence-electron chi connectivity index (χ0n) is 11.7. The largest absolute Gasteiger partial charge is 0.465 e. The highest BCUT2D eigenvalue weighted by Crippen LogP contribution is 2.25. The lowest BCUT2D eigenvalue weighted by Crippen LogP contribution is -2.08. The minimum absolute atomic E-state index is 0.119. The Morgan fingerprint density at radius 3 is 2.52 bits per heavy atom. The summed E-state index contributed by atoms with van der Waals surface area (Å²) in [5.74, 6) is -0.439. The van der Waals surface area contributed by atoms with Gasteiger partial charge >= 0.3 is 5.97 Å². The van der Waals surface area contributed by atoms with E-state index in [-0.39, 0.29) is 6.04 Å². The van der Waals surface area contributed by atoms with E-state index in [4.69, 9.17) is 16.3 Å². The molecule has 0 fully saturated rings. The molecule has 0 aliphatic carbocycles. The van der Waals surface area contributed by atoms with E-state index in [9.17, 15) is 4.79 Å². The van der Waals surface area contributed by atoms with Gasteiger partial charge in [-0.05, 0) is 65.4 Å². The predicted octanol–water partition coefficient (Wildman–Crippen LogP) is 4.90. The lowest BCUT2D eigenvalue weighted by Gasteiger charge is -2.16. The van der Waals surface area contributed by atoms with Crippen LogP contribution < -0.4 is 5.32 Å². The summed E-state index contributed by atoms with van der Waals surface area (Å²) in [6.07, 6.45) is 0. The molecule has 1 atom stereocenters. The number of ether oxygens (including phenoxy) is 1. The fraction of sp³-hybridized carbons (Fsp3) is 0.188. The fourth-order valence-electron chi connectivity index (χ4n) is 1.97. The predicted molar refractivity (Wildman–Crippen MR) is 94.0 cm³/mol. The van der Waals surface area contributed by atoms with Gasteiger partial charge in [0.25, 0.3) is 0 Å². The average molecular weight is 416 g/mol. The smallest absolute Gasteiger partial charge is 0.339 e. The molecular weight excluding hydrogens is 401 g/mol. The van der Waals surface area contributed by atoms with E-state index in [0.29, 0.717) is 10.6 Å². The van der Waals surface area contributed by atoms with Gasteiger partial charge in [-0.15, -0.1) is 0 Å². The van der Waals surface area contributed by atoms with Crippen molar-refractivity contribution in [2.24, 2.45) is 0 Å². The molecule has 0 aromatic heterocycles. The summed E-state index contributed by atoms with van der Waals surface area (Å²) in [6.45, 7) is 2.06. The minimum atomic E-state index is -0.439. The van der Waals surface area contributed by atoms with E-state index in [2.05, 4.69) is 59.1 Å². The monoisotopic (exact) mass is 415 g/mol. The Morgan fingerprint density at radius 2 is 1.90 bits per heavy atom. The van der Waals surface area contributed by atoms with Crippen molar-refractivity contribution in [3.8, 4) is 0 Å². The molecule has 0 aliphatic heterocycles. The first kappa shape index (κ1) is 16.1. The molecule has 2 rings (SSSR count). The first-order valence-electron chi connectivity index (χ1n) is 6.41. The molecule has 0 saturated carbocycles. The summed E-state index contributed by atoms with van der Waals surface area (Å²) in [6, 6.07) is 13.7. The molecule has 0 saturated heterocycles. The summed E-state index contributed by atoms with van der Waals surface area (Å²) >= 11 is 8.29. The SMILES string of the molecule is COC(=O)c1cc(NC(C)c2ccc(I)cc2)ccc1Cl. The molecule has 2 aromatic carbocycles. The van der Waals surface area contributed by atoms with Crippen LogP contribution in [0.4, 0.5) is 5.69 Å². The third kappa shape index (κ3) is 4.11. The summed E-state index contributed by atoms with van der Waals surface area (Å²) in [4.78, 5) is 11.6. The standard InChI is InChI=1S/C16H15ClINO2/c1-10(11-3-5-12(18)6-4-11)19-13-7-8-15(17)14(9-13)16(20)21-2/h3-10,19H,1-2H3. The molecule has 1 unspecified atom stereocenters. The van der Waals surface area contributed by atoms with Crippen LogP contribution in [0.15, 0.2) is 42.5 Å². The maximum absolute atomic E-state index is 11.6. The summed E-state index contributed by atoms with van der Waals surface area (Å²) < 4.78 is 5.92. The van der Waals surface area contributed by atoms with Crippen LogP contribution in [0.1, 0.15) is 28.9 Å². The zero-order valence-corrected chi connectivity index (χ0v) is 14.6. The molecule has 21 heavy (non-hydrogen) atoms. The summed E-state index contributed by atoms with van der Waals surface area (Å²) in [7, 11) is 1.34. The number of carbonyl (C=O) groups is 1. The molecule has 2 aromatic rings. The summed E-state index contributed by atoms with van der Waals surface area (Å²) in [5.41, 5.74) is 2.36. The third-order valence-electron chi connectivity index (χ3n) is 3.12. The Labute approximate surface area is 142 Å². The number of benzene rings is 2. The number of anilines is 1. The molecule has 0 heterocycles. The number of hydrogen-bond acceptors (Lipinski definition) is 3. The van der Waals surface area contributed by atoms with Crippen LogP contribution in [0, 0.1) is 3.57 Å². The molecule has 110 valence electrons. The van der Waals surface area contributed by atoms with Gasteiger partial charge < -0.3 is 10.1 Å². The van der Waals surface area contributed by atoms with Gasteiger partial charge in [-0.25, -0.2) is 4.79 Å². The Bertz CT molecular complexity index is 643. The highest BCUT2D eigenvalue weighted by atomic mass is 127. The van der Waals surface area contributed by atoms with Crippen LogP contribution in [0.2, 0.25) is 5.02 Å². The number of hydrogen-bond donors (Lipinski definition) is 1. The lowest BCUT2D eigenvalue weighted by atomic mass is 10.1. The van der Waals surface area contributed by atoms with Crippen molar-refractivity contribution in [1.29, 1.82) is 0 Å². The van der Waals surface area contributed by atoms with E-state index in [1.165, 1.54) is 16.2 Å². The van der Waals surface area contributed by atoms with Crippen LogP contribution in [-0.2, 0) is 4.74 Å². The van der Waals surface area contributed by atoms with Crippen molar-refractivity contribution in [3.05, 3.63) is 62.2 Å². The highest BCUT2D eigenvalue weighted by molar-refractivity contribution is 14.1. The van der Waals surface area contributed by atoms with Crippen molar-refractivity contribution in [2.75, 3.05) is 12.4 Å².